The Morgan fingerprint density at radius 2 is 1.38 bits per heavy atom. The first-order chi connectivity index (χ1) is 11.5. The van der Waals surface area contributed by atoms with Crippen LogP contribution < -0.4 is 16.4 Å². The van der Waals surface area contributed by atoms with Crippen molar-refractivity contribution in [1.29, 1.82) is 0 Å². The van der Waals surface area contributed by atoms with Crippen molar-refractivity contribution in [3.05, 3.63) is 55.1 Å². The van der Waals surface area contributed by atoms with Crippen molar-refractivity contribution in [3.8, 4) is 0 Å². The highest BCUT2D eigenvalue weighted by Gasteiger charge is 2.22. The number of H-pyrrole nitrogens is 1. The minimum Gasteiger partial charge on any atom is -0.385 e. The lowest BCUT2D eigenvalue weighted by Gasteiger charge is -2.05. The predicted molar refractivity (Wildman–Crippen MR) is 98.6 cm³/mol. The van der Waals surface area contributed by atoms with Crippen LogP contribution in [0.15, 0.2) is 39.2 Å². The molecule has 3 N–H and O–H groups in total. The van der Waals surface area contributed by atoms with Crippen LogP contribution in [0.2, 0.25) is 20.1 Å². The number of nitrogens with two attached hydrogens (primary N) is 1. The van der Waals surface area contributed by atoms with Gasteiger partial charge in [-0.1, -0.05) is 58.5 Å². The number of halogens is 4. The van der Waals surface area contributed by atoms with Gasteiger partial charge in [-0.25, -0.2) is 9.98 Å². The molecule has 0 fully saturated rings. The quantitative estimate of drug-likeness (QED) is 0.465. The fraction of sp³-hybridized carbons (Fsp3) is 0. The molecule has 0 amide bonds. The lowest BCUT2D eigenvalue weighted by molar-refractivity contribution is 1.32. The molecule has 0 atom stereocenters. The first kappa shape index (κ1) is 15.7. The highest BCUT2D eigenvalue weighted by molar-refractivity contribution is 6.56. The molecule has 0 saturated carbocycles. The molecule has 2 aromatic carbocycles. The van der Waals surface area contributed by atoms with Gasteiger partial charge in [0.2, 0.25) is 0 Å². The van der Waals surface area contributed by atoms with Crippen LogP contribution in [-0.4, -0.2) is 10.9 Å². The van der Waals surface area contributed by atoms with Gasteiger partial charge in [-0.05, 0) is 12.1 Å². The average Bonchev–Trinajstić information content (AvgIpc) is 3.11. The number of nitrogen functional groups attached to an aromatic ring is 1. The maximum absolute atomic E-state index is 6.32. The van der Waals surface area contributed by atoms with Gasteiger partial charge in [0.25, 0.3) is 5.96 Å². The van der Waals surface area contributed by atoms with Crippen LogP contribution >= 0.6 is 46.4 Å². The van der Waals surface area contributed by atoms with Crippen molar-refractivity contribution in [2.45, 2.75) is 0 Å². The molecule has 0 aliphatic carbocycles. The third kappa shape index (κ3) is 2.28. The van der Waals surface area contributed by atoms with Crippen molar-refractivity contribution in [2.24, 2.45) is 15.0 Å². The second-order valence-corrected chi connectivity index (χ2v) is 6.53. The van der Waals surface area contributed by atoms with Crippen LogP contribution in [0.5, 0.6) is 0 Å². The average molecular weight is 399 g/mol. The first-order valence-corrected chi connectivity index (χ1v) is 8.23. The summed E-state index contributed by atoms with van der Waals surface area (Å²) in [4.78, 5) is 16.0. The lowest BCUT2D eigenvalue weighted by atomic mass is 10.2. The van der Waals surface area contributed by atoms with E-state index in [9.17, 15) is 0 Å². The third-order valence-corrected chi connectivity index (χ3v) is 5.36. The second kappa shape index (κ2) is 5.63. The first-order valence-electron chi connectivity index (χ1n) is 6.71. The molecule has 0 spiro atoms. The molecule has 5 nitrogen and oxygen atoms in total. The molecule has 4 rings (SSSR count). The van der Waals surface area contributed by atoms with Gasteiger partial charge >= 0.3 is 0 Å². The number of para-hydroxylation sites is 2. The Kier molecular flexibility index (Phi) is 3.69. The molecule has 1 aromatic heterocycles. The smallest absolute Gasteiger partial charge is 0.252 e. The number of anilines is 1. The Bertz CT molecular complexity index is 1130. The van der Waals surface area contributed by atoms with Crippen molar-refractivity contribution < 1.29 is 0 Å². The number of aliphatic imine (C=N–C) groups is 1. The Morgan fingerprint density at radius 1 is 0.833 bits per heavy atom. The Hall–Kier alpha value is -1.79. The monoisotopic (exact) mass is 397 g/mol. The van der Waals surface area contributed by atoms with E-state index in [2.05, 4.69) is 20.0 Å². The number of hydrogen-bond donors (Lipinski definition) is 2. The zero-order chi connectivity index (χ0) is 17.0. The Balaban J connectivity index is 2.00. The summed E-state index contributed by atoms with van der Waals surface area (Å²) in [6, 6.07) is 7.45. The molecule has 1 aliphatic heterocycles. The van der Waals surface area contributed by atoms with Crippen LogP contribution in [-0.2, 0) is 0 Å². The summed E-state index contributed by atoms with van der Waals surface area (Å²) in [5, 5.41) is 3.13. The highest BCUT2D eigenvalue weighted by Crippen LogP contribution is 2.48. The summed E-state index contributed by atoms with van der Waals surface area (Å²) in [6.07, 6.45) is 0. The molecule has 120 valence electrons. The highest BCUT2D eigenvalue weighted by atomic mass is 35.5. The molecular weight excluding hydrogens is 392 g/mol. The third-order valence-electron chi connectivity index (χ3n) is 3.56. The molecule has 2 heterocycles. The van der Waals surface area contributed by atoms with E-state index in [1.165, 1.54) is 0 Å². The molecule has 0 radical (unpaired) electrons. The van der Waals surface area contributed by atoms with Gasteiger partial charge in [-0.2, -0.15) is 4.99 Å². The summed E-state index contributed by atoms with van der Waals surface area (Å²) in [5.41, 5.74) is 5.99. The molecule has 3 aromatic rings. The Labute approximate surface area is 155 Å². The lowest BCUT2D eigenvalue weighted by Crippen LogP contribution is -2.19. The van der Waals surface area contributed by atoms with Crippen LogP contribution in [0.25, 0.3) is 10.8 Å². The standard InChI is InChI=1S/C15H7Cl4N5/c16-9-7-8(10(17)12(19)11(9)18)14(23-13(7)20)24-15-21-5-3-1-2-4-6(5)22-15/h1-4,23H,20H2. The van der Waals surface area contributed by atoms with Crippen molar-refractivity contribution in [1.82, 2.24) is 4.98 Å². The Morgan fingerprint density at radius 3 is 1.96 bits per heavy atom. The summed E-state index contributed by atoms with van der Waals surface area (Å²) in [6.45, 7) is 0. The molecule has 0 saturated heterocycles. The van der Waals surface area contributed by atoms with Gasteiger partial charge < -0.3 is 10.7 Å². The van der Waals surface area contributed by atoms with Gasteiger partial charge in [-0.3, -0.25) is 0 Å². The van der Waals surface area contributed by atoms with Gasteiger partial charge in [0, 0.05) is 5.39 Å². The summed E-state index contributed by atoms with van der Waals surface area (Å²) >= 11 is 24.8. The van der Waals surface area contributed by atoms with Gasteiger partial charge in [-0.15, -0.1) is 0 Å². The van der Waals surface area contributed by atoms with Crippen LogP contribution in [0.1, 0.15) is 0 Å². The van der Waals surface area contributed by atoms with E-state index >= 15 is 0 Å². The van der Waals surface area contributed by atoms with E-state index in [-0.39, 0.29) is 31.9 Å². The van der Waals surface area contributed by atoms with Gasteiger partial charge in [0.1, 0.15) is 11.6 Å². The van der Waals surface area contributed by atoms with E-state index in [4.69, 9.17) is 52.1 Å². The van der Waals surface area contributed by atoms with E-state index in [1.807, 2.05) is 24.3 Å². The number of aromatic nitrogens is 1. The van der Waals surface area contributed by atoms with Crippen molar-refractivity contribution >= 4 is 74.8 Å². The molecule has 0 bridgehead atoms. The van der Waals surface area contributed by atoms with Crippen LogP contribution in [0, 0.1) is 0 Å². The van der Waals surface area contributed by atoms with Gasteiger partial charge in [0.15, 0.2) is 0 Å². The SMILES string of the molecule is Nc1[nH]c(N=C2N=c3ccccc3=N2)c2c(Cl)c(Cl)c(Cl)c(Cl)c12. The zero-order valence-electron chi connectivity index (χ0n) is 11.7. The number of fused-ring (bicyclic) bond motifs is 2. The van der Waals surface area contributed by atoms with E-state index in [0.717, 1.165) is 10.7 Å². The normalized spacial score (nSPS) is 12.9. The fourth-order valence-electron chi connectivity index (χ4n) is 2.49. The predicted octanol–water partition coefficient (Wildman–Crippen LogP) is 4.30. The maximum Gasteiger partial charge on any atom is 0.252 e. The van der Waals surface area contributed by atoms with Crippen LogP contribution in [0.4, 0.5) is 11.6 Å². The molecule has 1 aliphatic rings. The topological polar surface area (TPSA) is 78.9 Å². The summed E-state index contributed by atoms with van der Waals surface area (Å²) < 4.78 is 0. The van der Waals surface area contributed by atoms with E-state index < -0.39 is 0 Å². The van der Waals surface area contributed by atoms with Crippen molar-refractivity contribution in [2.75, 3.05) is 5.73 Å². The maximum atomic E-state index is 6.32. The largest absolute Gasteiger partial charge is 0.385 e. The van der Waals surface area contributed by atoms with Gasteiger partial charge in [0.05, 0.1) is 36.2 Å². The number of nitrogens with one attached hydrogen (secondary N) is 1. The van der Waals surface area contributed by atoms with E-state index in [1.54, 1.807) is 0 Å². The second-order valence-electron chi connectivity index (χ2n) is 5.02. The molecule has 24 heavy (non-hydrogen) atoms. The zero-order valence-corrected chi connectivity index (χ0v) is 14.8. The minimum absolute atomic E-state index is 0.139. The minimum atomic E-state index is 0.139. The van der Waals surface area contributed by atoms with Crippen molar-refractivity contribution in [3.63, 3.8) is 0 Å². The molecule has 0 unspecified atom stereocenters. The number of hydrogen-bond acceptors (Lipinski definition) is 2. The van der Waals surface area contributed by atoms with E-state index in [0.29, 0.717) is 16.6 Å². The molecule has 9 heteroatoms. The summed E-state index contributed by atoms with van der Waals surface area (Å²) in [7, 11) is 0. The number of benzene rings is 2. The fourth-order valence-corrected chi connectivity index (χ4v) is 3.53. The molecular formula is C15H7Cl4N5. The summed E-state index contributed by atoms with van der Waals surface area (Å²) in [5.74, 6) is 0.922. The number of rotatable bonds is 1. The van der Waals surface area contributed by atoms with Crippen LogP contribution in [0.3, 0.4) is 0 Å². The number of guanidine groups is 1. The number of nitrogens with zero attached hydrogens (tertiary/aromatic N) is 3. The number of aromatic amines is 1.